The van der Waals surface area contributed by atoms with E-state index in [2.05, 4.69) is 22.0 Å². The minimum absolute atomic E-state index is 0.0659. The predicted molar refractivity (Wildman–Crippen MR) is 107 cm³/mol. The van der Waals surface area contributed by atoms with E-state index in [9.17, 15) is 14.7 Å². The lowest BCUT2D eigenvalue weighted by molar-refractivity contribution is -0.136. The Labute approximate surface area is 168 Å². The highest BCUT2D eigenvalue weighted by molar-refractivity contribution is 5.90. The Kier molecular flexibility index (Phi) is 12.7. The Bertz CT molecular complexity index is 561. The van der Waals surface area contributed by atoms with E-state index in [-0.39, 0.29) is 6.42 Å². The molecule has 2 N–H and O–H groups in total. The van der Waals surface area contributed by atoms with E-state index in [0.717, 1.165) is 26.4 Å². The Morgan fingerprint density at radius 1 is 1.11 bits per heavy atom. The maximum absolute atomic E-state index is 12.1. The van der Waals surface area contributed by atoms with Gasteiger partial charge >= 0.3 is 17.8 Å². The number of methoxy groups -OCH3 is 1. The molecule has 0 unspecified atom stereocenters. The van der Waals surface area contributed by atoms with Crippen LogP contribution in [0.3, 0.4) is 0 Å². The molecule has 0 aliphatic heterocycles. The highest BCUT2D eigenvalue weighted by Crippen LogP contribution is 2.17. The fraction of sp³-hybridized carbons (Fsp3) is 0.800. The third-order valence-electron chi connectivity index (χ3n) is 4.07. The van der Waals surface area contributed by atoms with Crippen molar-refractivity contribution in [3.63, 3.8) is 0 Å². The predicted octanol–water partition coefficient (Wildman–Crippen LogP) is 5.21. The molecule has 160 valence electrons. The van der Waals surface area contributed by atoms with Gasteiger partial charge in [-0.3, -0.25) is 0 Å². The van der Waals surface area contributed by atoms with Crippen LogP contribution in [0.25, 0.3) is 4.98 Å². The summed E-state index contributed by atoms with van der Waals surface area (Å²) in [6.07, 6.45) is 7.74. The number of carbonyl (C=O) groups excluding carboxylic acids is 2. The van der Waals surface area contributed by atoms with Crippen molar-refractivity contribution in [1.29, 1.82) is 5.39 Å². The molecule has 0 aromatic rings. The molecule has 0 heterocycles. The lowest BCUT2D eigenvalue weighted by Crippen LogP contribution is -2.39. The molecule has 0 aliphatic rings. The number of esters is 1. The Morgan fingerprint density at radius 3 is 2.18 bits per heavy atom. The second-order valence-corrected chi connectivity index (χ2v) is 7.84. The van der Waals surface area contributed by atoms with Crippen LogP contribution in [0.4, 0.5) is 4.79 Å². The zero-order valence-corrected chi connectivity index (χ0v) is 17.9. The van der Waals surface area contributed by atoms with Crippen molar-refractivity contribution >= 4 is 12.1 Å². The van der Waals surface area contributed by atoms with Crippen LogP contribution < -0.4 is 5.32 Å². The van der Waals surface area contributed by atoms with Crippen LogP contribution in [-0.2, 0) is 14.3 Å². The van der Waals surface area contributed by atoms with Gasteiger partial charge in [-0.05, 0) is 27.2 Å². The molecule has 0 rings (SSSR count). The summed E-state index contributed by atoms with van der Waals surface area (Å²) in [5, 5.41) is 21.8. The van der Waals surface area contributed by atoms with Crippen molar-refractivity contribution in [2.24, 2.45) is 0 Å². The molecule has 0 fully saturated rings. The number of amides is 1. The maximum Gasteiger partial charge on any atom is 0.505 e. The second-order valence-electron chi connectivity index (χ2n) is 7.84. The normalized spacial score (nSPS) is 13.1. The van der Waals surface area contributed by atoms with E-state index in [1.165, 1.54) is 25.7 Å². The molecule has 0 saturated carbocycles. The van der Waals surface area contributed by atoms with Gasteiger partial charge in [0, 0.05) is 12.5 Å². The van der Waals surface area contributed by atoms with Crippen molar-refractivity contribution in [2.45, 2.75) is 97.1 Å². The molecule has 1 amide bonds. The first-order valence-corrected chi connectivity index (χ1v) is 9.99. The number of nitrogens with one attached hydrogen (secondary N) is 1. The van der Waals surface area contributed by atoms with Crippen LogP contribution in [0, 0.1) is 5.39 Å². The summed E-state index contributed by atoms with van der Waals surface area (Å²) in [5.74, 6) is -1.40. The SMILES string of the molecule is CCCCCCCCC[C@@H](C/C(O)=C(\[N+]#N)C(=O)OC)NC(=O)OC(C)(C)C. The van der Waals surface area contributed by atoms with Crippen LogP contribution in [0.5, 0.6) is 0 Å². The highest BCUT2D eigenvalue weighted by Gasteiger charge is 2.32. The van der Waals surface area contributed by atoms with Crippen molar-refractivity contribution in [1.82, 2.24) is 5.32 Å². The van der Waals surface area contributed by atoms with Gasteiger partial charge < -0.3 is 19.9 Å². The van der Waals surface area contributed by atoms with Crippen molar-refractivity contribution in [2.75, 3.05) is 7.11 Å². The number of rotatable bonds is 12. The van der Waals surface area contributed by atoms with Gasteiger partial charge in [0.2, 0.25) is 5.39 Å². The van der Waals surface area contributed by atoms with Crippen molar-refractivity contribution in [3.05, 3.63) is 16.4 Å². The number of nitrogens with zero attached hydrogens (tertiary/aromatic N) is 2. The fourth-order valence-electron chi connectivity index (χ4n) is 2.69. The number of alkyl carbamates (subject to hydrolysis) is 1. The van der Waals surface area contributed by atoms with E-state index in [0.29, 0.717) is 6.42 Å². The first-order chi connectivity index (χ1) is 13.1. The van der Waals surface area contributed by atoms with E-state index in [1.54, 1.807) is 20.8 Å². The van der Waals surface area contributed by atoms with Crippen LogP contribution in [0.2, 0.25) is 0 Å². The zero-order valence-electron chi connectivity index (χ0n) is 17.9. The number of unbranched alkanes of at least 4 members (excludes halogenated alkanes) is 6. The molecule has 8 nitrogen and oxygen atoms in total. The molecule has 0 spiro atoms. The Balaban J connectivity index is 4.89. The molecule has 1 atom stereocenters. The van der Waals surface area contributed by atoms with Gasteiger partial charge in [0.1, 0.15) is 5.60 Å². The number of hydrogen-bond donors (Lipinski definition) is 2. The monoisotopic (exact) mass is 398 g/mol. The van der Waals surface area contributed by atoms with E-state index in [4.69, 9.17) is 10.1 Å². The van der Waals surface area contributed by atoms with E-state index < -0.39 is 35.2 Å². The maximum atomic E-state index is 12.1. The summed E-state index contributed by atoms with van der Waals surface area (Å²) in [5.41, 5.74) is -1.22. The first kappa shape index (κ1) is 25.7. The van der Waals surface area contributed by atoms with Crippen LogP contribution in [-0.4, -0.2) is 35.9 Å². The average Bonchev–Trinajstić information content (AvgIpc) is 2.59. The number of aliphatic hydroxyl groups excluding tert-OH is 1. The summed E-state index contributed by atoms with van der Waals surface area (Å²) in [6, 6.07) is -0.466. The van der Waals surface area contributed by atoms with Gasteiger partial charge in [-0.2, -0.15) is 0 Å². The Morgan fingerprint density at radius 2 is 1.68 bits per heavy atom. The Hall–Kier alpha value is -2.30. The highest BCUT2D eigenvalue weighted by atomic mass is 16.6. The summed E-state index contributed by atoms with van der Waals surface area (Å²) in [4.78, 5) is 26.4. The largest absolute Gasteiger partial charge is 0.505 e. The van der Waals surface area contributed by atoms with Gasteiger partial charge in [-0.25, -0.2) is 9.59 Å². The topological polar surface area (TPSA) is 113 Å². The molecular formula is C20H36N3O5+. The van der Waals surface area contributed by atoms with Crippen molar-refractivity contribution < 1.29 is 24.2 Å². The zero-order chi connectivity index (χ0) is 21.6. The summed E-state index contributed by atoms with van der Waals surface area (Å²) in [7, 11) is 1.12. The van der Waals surface area contributed by atoms with Gasteiger partial charge in [0.05, 0.1) is 7.11 Å². The molecule has 0 saturated heterocycles. The lowest BCUT2D eigenvalue weighted by atomic mass is 10.0. The molecule has 0 aromatic heterocycles. The quantitative estimate of drug-likeness (QED) is 0.153. The van der Waals surface area contributed by atoms with Gasteiger partial charge in [0.25, 0.3) is 0 Å². The molecule has 0 radical (unpaired) electrons. The number of aliphatic hydroxyl groups is 1. The fourth-order valence-corrected chi connectivity index (χ4v) is 2.69. The standard InChI is InChI=1S/C20H35N3O5/c1-6-7-8-9-10-11-12-13-15(22-19(26)28-20(2,3)4)14-16(24)17(23-21)18(25)27-5/h15H,6-14H2,1-5H3,(H-,22,24,25,26)/p+1/t15-/m0/s1. The average molecular weight is 399 g/mol. The molecule has 8 heteroatoms. The lowest BCUT2D eigenvalue weighted by Gasteiger charge is -2.23. The second kappa shape index (κ2) is 13.8. The third-order valence-corrected chi connectivity index (χ3v) is 4.07. The van der Waals surface area contributed by atoms with E-state index in [1.807, 2.05) is 0 Å². The number of carbonyl (C=O) groups is 2. The van der Waals surface area contributed by atoms with Crippen molar-refractivity contribution in [3.8, 4) is 0 Å². The van der Waals surface area contributed by atoms with Gasteiger partial charge in [0.15, 0.2) is 10.7 Å². The summed E-state index contributed by atoms with van der Waals surface area (Å²) in [6.45, 7) is 7.45. The van der Waals surface area contributed by atoms with E-state index >= 15 is 0 Å². The molecular weight excluding hydrogens is 362 g/mol. The summed E-state index contributed by atoms with van der Waals surface area (Å²) < 4.78 is 9.74. The third kappa shape index (κ3) is 12.2. The minimum atomic E-state index is -0.952. The minimum Gasteiger partial charge on any atom is -0.505 e. The number of diazo groups is 1. The molecule has 0 bridgehead atoms. The van der Waals surface area contributed by atoms with Gasteiger partial charge in [-0.1, -0.05) is 51.9 Å². The molecule has 0 aromatic carbocycles. The molecule has 28 heavy (non-hydrogen) atoms. The van der Waals surface area contributed by atoms with Crippen LogP contribution in [0.1, 0.15) is 85.5 Å². The van der Waals surface area contributed by atoms with Gasteiger partial charge in [-0.15, -0.1) is 0 Å². The number of hydrogen-bond acceptors (Lipinski definition) is 6. The van der Waals surface area contributed by atoms with Crippen LogP contribution in [0.15, 0.2) is 11.5 Å². The van der Waals surface area contributed by atoms with Crippen LogP contribution >= 0.6 is 0 Å². The summed E-state index contributed by atoms with van der Waals surface area (Å²) >= 11 is 0. The number of ether oxygens (including phenoxy) is 2. The molecule has 0 aliphatic carbocycles. The first-order valence-electron chi connectivity index (χ1n) is 9.99. The smallest absolute Gasteiger partial charge is 0.505 e.